The number of halogens is 1. The molecule has 0 saturated heterocycles. The van der Waals surface area contributed by atoms with E-state index < -0.39 is 0 Å². The molecule has 36 heavy (non-hydrogen) atoms. The zero-order valence-corrected chi connectivity index (χ0v) is 20.6. The molecular weight excluding hydrogens is 468 g/mol. The Morgan fingerprint density at radius 2 is 1.14 bits per heavy atom. The first kappa shape index (κ1) is 23.4. The quantitative estimate of drug-likeness (QED) is 0.261. The van der Waals surface area contributed by atoms with Gasteiger partial charge in [0, 0.05) is 5.39 Å². The van der Waals surface area contributed by atoms with E-state index >= 15 is 0 Å². The number of nitrogens with zero attached hydrogens (tertiary/aromatic N) is 3. The lowest BCUT2D eigenvalue weighted by molar-refractivity contribution is 1.06. The number of aryl methyl sites for hydroxylation is 2. The maximum absolute atomic E-state index is 12.1. The SMILES string of the molecule is Cc1nc(Cl)c2c(-c3ccccc3)cccc2n1.Cc1nc2cccc(-c3ccccc3)c2c(=O)[nH]1. The van der Waals surface area contributed by atoms with Crippen LogP contribution in [0.1, 0.15) is 11.6 Å². The Labute approximate surface area is 213 Å². The molecule has 5 nitrogen and oxygen atoms in total. The molecule has 4 aromatic carbocycles. The maximum atomic E-state index is 12.1. The third kappa shape index (κ3) is 4.74. The van der Waals surface area contributed by atoms with Crippen LogP contribution in [0, 0.1) is 13.8 Å². The van der Waals surface area contributed by atoms with Gasteiger partial charge in [-0.15, -0.1) is 0 Å². The lowest BCUT2D eigenvalue weighted by atomic mass is 10.0. The standard InChI is InChI=1S/C15H11ClN2.C15H12N2O/c1-10-17-13-9-5-8-12(14(13)15(16)18-10)11-6-3-2-4-7-11;1-10-16-13-9-5-8-12(14(13)15(18)17-10)11-6-3-2-4-7-11/h2-9H,1H3;2-9H,1H3,(H,16,17,18). The summed E-state index contributed by atoms with van der Waals surface area (Å²) in [5, 5.41) is 2.07. The average Bonchev–Trinajstić information content (AvgIpc) is 2.89. The van der Waals surface area contributed by atoms with Gasteiger partial charge >= 0.3 is 0 Å². The normalized spacial score (nSPS) is 10.8. The molecule has 0 fully saturated rings. The van der Waals surface area contributed by atoms with Crippen LogP contribution in [0.3, 0.4) is 0 Å². The highest BCUT2D eigenvalue weighted by molar-refractivity contribution is 6.35. The van der Waals surface area contributed by atoms with Gasteiger partial charge in [0.25, 0.3) is 5.56 Å². The first-order valence-corrected chi connectivity index (χ1v) is 11.9. The van der Waals surface area contributed by atoms with Gasteiger partial charge in [0.1, 0.15) is 16.8 Å². The first-order valence-electron chi connectivity index (χ1n) is 11.5. The smallest absolute Gasteiger partial charge is 0.259 e. The Bertz CT molecular complexity index is 1730. The predicted molar refractivity (Wildman–Crippen MR) is 147 cm³/mol. The second-order valence-electron chi connectivity index (χ2n) is 8.34. The molecule has 0 amide bonds. The van der Waals surface area contributed by atoms with Gasteiger partial charge in [-0.1, -0.05) is 96.5 Å². The highest BCUT2D eigenvalue weighted by atomic mass is 35.5. The van der Waals surface area contributed by atoms with Crippen molar-refractivity contribution in [2.45, 2.75) is 13.8 Å². The summed E-state index contributed by atoms with van der Waals surface area (Å²) in [5.74, 6) is 1.33. The fourth-order valence-corrected chi connectivity index (χ4v) is 4.59. The number of H-pyrrole nitrogens is 1. The zero-order valence-electron chi connectivity index (χ0n) is 19.9. The van der Waals surface area contributed by atoms with Crippen LogP contribution in [0.5, 0.6) is 0 Å². The summed E-state index contributed by atoms with van der Waals surface area (Å²) < 4.78 is 0. The molecule has 6 heteroatoms. The minimum atomic E-state index is -0.0862. The van der Waals surface area contributed by atoms with Crippen LogP contribution >= 0.6 is 11.6 Å². The van der Waals surface area contributed by atoms with Crippen molar-refractivity contribution in [3.05, 3.63) is 124 Å². The van der Waals surface area contributed by atoms with Crippen LogP contribution in [-0.2, 0) is 0 Å². The molecule has 6 rings (SSSR count). The summed E-state index contributed by atoms with van der Waals surface area (Å²) in [7, 11) is 0. The molecule has 2 heterocycles. The predicted octanol–water partition coefficient (Wildman–Crippen LogP) is 7.16. The summed E-state index contributed by atoms with van der Waals surface area (Å²) in [6, 6.07) is 31.8. The number of aromatic nitrogens is 4. The number of hydrogen-bond donors (Lipinski definition) is 1. The third-order valence-corrected chi connectivity index (χ3v) is 6.09. The summed E-state index contributed by atoms with van der Waals surface area (Å²) >= 11 is 6.27. The van der Waals surface area contributed by atoms with Crippen molar-refractivity contribution in [3.8, 4) is 22.3 Å². The van der Waals surface area contributed by atoms with E-state index in [-0.39, 0.29) is 5.56 Å². The molecule has 0 bridgehead atoms. The summed E-state index contributed by atoms with van der Waals surface area (Å²) in [6.07, 6.45) is 0. The molecule has 0 unspecified atom stereocenters. The van der Waals surface area contributed by atoms with Crippen LogP contribution in [0.25, 0.3) is 44.1 Å². The van der Waals surface area contributed by atoms with Crippen molar-refractivity contribution in [3.63, 3.8) is 0 Å². The lowest BCUT2D eigenvalue weighted by Crippen LogP contribution is -2.10. The van der Waals surface area contributed by atoms with Crippen molar-refractivity contribution in [2.24, 2.45) is 0 Å². The van der Waals surface area contributed by atoms with Crippen LogP contribution in [0.4, 0.5) is 0 Å². The number of rotatable bonds is 2. The monoisotopic (exact) mass is 490 g/mol. The van der Waals surface area contributed by atoms with Crippen LogP contribution < -0.4 is 5.56 Å². The number of fused-ring (bicyclic) bond motifs is 2. The average molecular weight is 491 g/mol. The minimum Gasteiger partial charge on any atom is -0.310 e. The largest absolute Gasteiger partial charge is 0.310 e. The van der Waals surface area contributed by atoms with E-state index in [0.29, 0.717) is 22.2 Å². The Kier molecular flexibility index (Phi) is 6.56. The highest BCUT2D eigenvalue weighted by Gasteiger charge is 2.10. The third-order valence-electron chi connectivity index (χ3n) is 5.81. The molecule has 0 spiro atoms. The molecule has 176 valence electrons. The fourth-order valence-electron chi connectivity index (χ4n) is 4.27. The molecular formula is C30H23ClN4O. The molecule has 1 N–H and O–H groups in total. The van der Waals surface area contributed by atoms with Crippen LogP contribution in [0.2, 0.25) is 5.15 Å². The molecule has 0 aliphatic heterocycles. The topological polar surface area (TPSA) is 71.5 Å². The Morgan fingerprint density at radius 1 is 0.611 bits per heavy atom. The second-order valence-corrected chi connectivity index (χ2v) is 8.70. The Hall–Kier alpha value is -4.35. The number of benzene rings is 4. The minimum absolute atomic E-state index is 0.0862. The highest BCUT2D eigenvalue weighted by Crippen LogP contribution is 2.31. The van der Waals surface area contributed by atoms with Crippen molar-refractivity contribution in [1.29, 1.82) is 0 Å². The summed E-state index contributed by atoms with van der Waals surface area (Å²) in [6.45, 7) is 3.64. The van der Waals surface area contributed by atoms with Crippen LogP contribution in [0.15, 0.2) is 102 Å². The van der Waals surface area contributed by atoms with E-state index in [0.717, 1.165) is 38.7 Å². The van der Waals surface area contributed by atoms with Gasteiger partial charge in [0.05, 0.1) is 16.4 Å². The molecule has 6 aromatic rings. The van der Waals surface area contributed by atoms with Crippen molar-refractivity contribution >= 4 is 33.4 Å². The number of aromatic amines is 1. The Balaban J connectivity index is 0.000000148. The van der Waals surface area contributed by atoms with E-state index in [4.69, 9.17) is 11.6 Å². The van der Waals surface area contributed by atoms with E-state index in [9.17, 15) is 4.79 Å². The molecule has 0 radical (unpaired) electrons. The van der Waals surface area contributed by atoms with Gasteiger partial charge in [-0.25, -0.2) is 15.0 Å². The van der Waals surface area contributed by atoms with Gasteiger partial charge in [-0.05, 0) is 48.2 Å². The van der Waals surface area contributed by atoms with Gasteiger partial charge in [-0.2, -0.15) is 0 Å². The molecule has 0 aliphatic rings. The maximum Gasteiger partial charge on any atom is 0.259 e. The molecule has 0 atom stereocenters. The molecule has 2 aromatic heterocycles. The van der Waals surface area contributed by atoms with Gasteiger partial charge in [0.15, 0.2) is 0 Å². The van der Waals surface area contributed by atoms with Crippen molar-refractivity contribution < 1.29 is 0 Å². The van der Waals surface area contributed by atoms with Crippen molar-refractivity contribution in [1.82, 2.24) is 19.9 Å². The number of hydrogen-bond acceptors (Lipinski definition) is 4. The first-order chi connectivity index (χ1) is 17.5. The van der Waals surface area contributed by atoms with E-state index in [1.54, 1.807) is 6.92 Å². The fraction of sp³-hybridized carbons (Fsp3) is 0.0667. The van der Waals surface area contributed by atoms with Gasteiger partial charge < -0.3 is 4.98 Å². The lowest BCUT2D eigenvalue weighted by Gasteiger charge is -2.08. The van der Waals surface area contributed by atoms with E-state index in [2.05, 4.69) is 32.1 Å². The summed E-state index contributed by atoms with van der Waals surface area (Å²) in [4.78, 5) is 27.9. The van der Waals surface area contributed by atoms with Gasteiger partial charge in [-0.3, -0.25) is 4.79 Å². The number of nitrogens with one attached hydrogen (secondary N) is 1. The summed E-state index contributed by atoms with van der Waals surface area (Å²) in [5.41, 5.74) is 5.67. The zero-order chi connectivity index (χ0) is 25.1. The van der Waals surface area contributed by atoms with Gasteiger partial charge in [0.2, 0.25) is 0 Å². The van der Waals surface area contributed by atoms with E-state index in [1.165, 1.54) is 0 Å². The van der Waals surface area contributed by atoms with Crippen LogP contribution in [-0.4, -0.2) is 19.9 Å². The molecule has 0 saturated carbocycles. The Morgan fingerprint density at radius 3 is 1.72 bits per heavy atom. The second kappa shape index (κ2) is 10.1. The van der Waals surface area contributed by atoms with Crippen molar-refractivity contribution in [2.75, 3.05) is 0 Å². The molecule has 0 aliphatic carbocycles. The van der Waals surface area contributed by atoms with E-state index in [1.807, 2.05) is 91.9 Å².